The van der Waals surface area contributed by atoms with Crippen LogP contribution in [0.4, 0.5) is 0 Å². The molecule has 0 fully saturated rings. The van der Waals surface area contributed by atoms with E-state index in [1.165, 1.54) is 7.11 Å². The fourth-order valence-corrected chi connectivity index (χ4v) is 2.36. The summed E-state index contributed by atoms with van der Waals surface area (Å²) in [5.74, 6) is -2.84. The average molecular weight is 286 g/mol. The van der Waals surface area contributed by atoms with E-state index in [1.54, 1.807) is 24.3 Å². The third kappa shape index (κ3) is 2.51. The van der Waals surface area contributed by atoms with Gasteiger partial charge >= 0.3 is 0 Å². The number of amides is 2. The molecular weight excluding hydrogens is 272 g/mol. The quantitative estimate of drug-likeness (QED) is 0.657. The molecule has 108 valence electrons. The molecule has 7 heteroatoms. The first kappa shape index (κ1) is 14.4. The molecule has 1 aromatic carbocycles. The number of nitriles is 1. The average Bonchev–Trinajstić information content (AvgIpc) is 2.46. The van der Waals surface area contributed by atoms with Gasteiger partial charge in [0.05, 0.1) is 18.8 Å². The SMILES string of the molecule is COc1ccc([C@@H]2C(C#N)=C(N)NC(=O)[C@H]2C(N)=O)cc1. The van der Waals surface area contributed by atoms with Crippen molar-refractivity contribution in [2.45, 2.75) is 5.92 Å². The van der Waals surface area contributed by atoms with Gasteiger partial charge in [0.15, 0.2) is 0 Å². The number of carbonyl (C=O) groups excluding carboxylic acids is 2. The third-order valence-corrected chi connectivity index (χ3v) is 3.38. The van der Waals surface area contributed by atoms with Gasteiger partial charge in [0.2, 0.25) is 11.8 Å². The number of allylic oxidation sites excluding steroid dienone is 1. The highest BCUT2D eigenvalue weighted by molar-refractivity contribution is 6.03. The summed E-state index contributed by atoms with van der Waals surface area (Å²) in [5.41, 5.74) is 11.7. The van der Waals surface area contributed by atoms with Gasteiger partial charge in [-0.25, -0.2) is 0 Å². The lowest BCUT2D eigenvalue weighted by Gasteiger charge is -2.29. The molecule has 0 bridgehead atoms. The molecule has 2 rings (SSSR count). The standard InChI is InChI=1S/C14H14N4O3/c1-21-8-4-2-7(3-5-8)10-9(6-15)12(16)18-14(20)11(10)13(17)19/h2-5,10-11H,16H2,1H3,(H2,17,19)(H,18,20)/t10-,11-/m1/s1. The van der Waals surface area contributed by atoms with Crippen molar-refractivity contribution < 1.29 is 14.3 Å². The summed E-state index contributed by atoms with van der Waals surface area (Å²) in [6.45, 7) is 0. The number of nitrogens with two attached hydrogens (primary N) is 2. The first-order valence-corrected chi connectivity index (χ1v) is 6.13. The van der Waals surface area contributed by atoms with Crippen molar-refractivity contribution in [2.75, 3.05) is 7.11 Å². The molecule has 0 spiro atoms. The number of benzene rings is 1. The Morgan fingerprint density at radius 1 is 1.38 bits per heavy atom. The van der Waals surface area contributed by atoms with Crippen molar-refractivity contribution in [1.82, 2.24) is 5.32 Å². The van der Waals surface area contributed by atoms with Crippen molar-refractivity contribution >= 4 is 11.8 Å². The van der Waals surface area contributed by atoms with E-state index < -0.39 is 23.7 Å². The van der Waals surface area contributed by atoms with E-state index in [-0.39, 0.29) is 11.4 Å². The smallest absolute Gasteiger partial charge is 0.239 e. The van der Waals surface area contributed by atoms with Gasteiger partial charge in [-0.1, -0.05) is 12.1 Å². The summed E-state index contributed by atoms with van der Waals surface area (Å²) in [5, 5.41) is 11.6. The Labute approximate surface area is 121 Å². The maximum atomic E-state index is 12.0. The Kier molecular flexibility index (Phi) is 3.80. The summed E-state index contributed by atoms with van der Waals surface area (Å²) in [6.07, 6.45) is 0. The van der Waals surface area contributed by atoms with Crippen LogP contribution in [0.25, 0.3) is 0 Å². The minimum atomic E-state index is -1.18. The van der Waals surface area contributed by atoms with Gasteiger partial charge in [-0.15, -0.1) is 0 Å². The predicted octanol–water partition coefficient (Wildman–Crippen LogP) is -0.296. The Morgan fingerprint density at radius 2 is 2.00 bits per heavy atom. The molecule has 0 saturated carbocycles. The maximum Gasteiger partial charge on any atom is 0.239 e. The van der Waals surface area contributed by atoms with E-state index in [9.17, 15) is 14.9 Å². The van der Waals surface area contributed by atoms with Crippen LogP contribution in [0.2, 0.25) is 0 Å². The second-order valence-electron chi connectivity index (χ2n) is 4.56. The molecule has 1 aliphatic heterocycles. The Bertz CT molecular complexity index is 658. The highest BCUT2D eigenvalue weighted by Gasteiger charge is 2.41. The zero-order chi connectivity index (χ0) is 15.6. The molecule has 0 aromatic heterocycles. The predicted molar refractivity (Wildman–Crippen MR) is 73.4 cm³/mol. The van der Waals surface area contributed by atoms with Crippen LogP contribution in [0.15, 0.2) is 35.7 Å². The number of carbonyl (C=O) groups is 2. The molecular formula is C14H14N4O3. The second kappa shape index (κ2) is 5.54. The van der Waals surface area contributed by atoms with Crippen molar-refractivity contribution in [3.63, 3.8) is 0 Å². The number of hydrogen-bond acceptors (Lipinski definition) is 5. The lowest BCUT2D eigenvalue weighted by atomic mass is 9.77. The Balaban J connectivity index is 2.56. The molecule has 21 heavy (non-hydrogen) atoms. The largest absolute Gasteiger partial charge is 0.497 e. The normalized spacial score (nSPS) is 21.4. The lowest BCUT2D eigenvalue weighted by Crippen LogP contribution is -2.48. The van der Waals surface area contributed by atoms with E-state index in [1.807, 2.05) is 6.07 Å². The van der Waals surface area contributed by atoms with Gasteiger partial charge in [0, 0.05) is 5.92 Å². The van der Waals surface area contributed by atoms with Crippen LogP contribution in [0.1, 0.15) is 11.5 Å². The molecule has 1 heterocycles. The molecule has 1 aromatic rings. The number of hydrogen-bond donors (Lipinski definition) is 3. The van der Waals surface area contributed by atoms with Crippen molar-refractivity contribution in [1.29, 1.82) is 5.26 Å². The van der Waals surface area contributed by atoms with Gasteiger partial charge in [0.1, 0.15) is 17.5 Å². The van der Waals surface area contributed by atoms with Gasteiger partial charge in [-0.2, -0.15) is 5.26 Å². The Hall–Kier alpha value is -3.01. The lowest BCUT2D eigenvalue weighted by molar-refractivity contribution is -0.134. The summed E-state index contributed by atoms with van der Waals surface area (Å²) in [6, 6.07) is 8.62. The van der Waals surface area contributed by atoms with Gasteiger partial charge in [-0.3, -0.25) is 9.59 Å². The number of nitrogens with zero attached hydrogens (tertiary/aromatic N) is 1. The third-order valence-electron chi connectivity index (χ3n) is 3.38. The zero-order valence-corrected chi connectivity index (χ0v) is 11.3. The molecule has 1 aliphatic rings. The van der Waals surface area contributed by atoms with Crippen LogP contribution in [-0.4, -0.2) is 18.9 Å². The highest BCUT2D eigenvalue weighted by Crippen LogP contribution is 2.36. The summed E-state index contributed by atoms with van der Waals surface area (Å²) < 4.78 is 5.05. The van der Waals surface area contributed by atoms with E-state index in [2.05, 4.69) is 5.32 Å². The van der Waals surface area contributed by atoms with E-state index in [4.69, 9.17) is 16.2 Å². The van der Waals surface area contributed by atoms with Crippen LogP contribution >= 0.6 is 0 Å². The fraction of sp³-hybridized carbons (Fsp3) is 0.214. The van der Waals surface area contributed by atoms with Crippen LogP contribution in [-0.2, 0) is 9.59 Å². The number of nitrogens with one attached hydrogen (secondary N) is 1. The van der Waals surface area contributed by atoms with Crippen LogP contribution in [0.3, 0.4) is 0 Å². The zero-order valence-electron chi connectivity index (χ0n) is 11.3. The first-order chi connectivity index (χ1) is 9.99. The number of ether oxygens (including phenoxy) is 1. The molecule has 2 amide bonds. The van der Waals surface area contributed by atoms with Crippen LogP contribution in [0, 0.1) is 17.2 Å². The summed E-state index contributed by atoms with van der Waals surface area (Å²) >= 11 is 0. The minimum Gasteiger partial charge on any atom is -0.497 e. The van der Waals surface area contributed by atoms with E-state index in [0.717, 1.165) is 0 Å². The van der Waals surface area contributed by atoms with Gasteiger partial charge in [0.25, 0.3) is 0 Å². The van der Waals surface area contributed by atoms with Crippen LogP contribution < -0.4 is 21.5 Å². The topological polar surface area (TPSA) is 131 Å². The number of primary amides is 1. The number of methoxy groups -OCH3 is 1. The molecule has 0 radical (unpaired) electrons. The molecule has 0 saturated heterocycles. The van der Waals surface area contributed by atoms with Crippen molar-refractivity contribution in [3.8, 4) is 11.8 Å². The molecule has 0 aliphatic carbocycles. The van der Waals surface area contributed by atoms with Crippen molar-refractivity contribution in [2.24, 2.45) is 17.4 Å². The molecule has 5 N–H and O–H groups in total. The van der Waals surface area contributed by atoms with E-state index >= 15 is 0 Å². The summed E-state index contributed by atoms with van der Waals surface area (Å²) in [7, 11) is 1.52. The van der Waals surface area contributed by atoms with Gasteiger partial charge in [-0.05, 0) is 17.7 Å². The molecule has 0 unspecified atom stereocenters. The Morgan fingerprint density at radius 3 is 2.48 bits per heavy atom. The van der Waals surface area contributed by atoms with Crippen molar-refractivity contribution in [3.05, 3.63) is 41.2 Å². The maximum absolute atomic E-state index is 12.0. The molecule has 2 atom stereocenters. The van der Waals surface area contributed by atoms with Crippen LogP contribution in [0.5, 0.6) is 5.75 Å². The first-order valence-electron chi connectivity index (χ1n) is 6.13. The minimum absolute atomic E-state index is 0.0548. The van der Waals surface area contributed by atoms with E-state index in [0.29, 0.717) is 11.3 Å². The van der Waals surface area contributed by atoms with Gasteiger partial charge < -0.3 is 21.5 Å². The monoisotopic (exact) mass is 286 g/mol. The second-order valence-corrected chi connectivity index (χ2v) is 4.56. The number of rotatable bonds is 3. The summed E-state index contributed by atoms with van der Waals surface area (Å²) in [4.78, 5) is 23.6. The highest BCUT2D eigenvalue weighted by atomic mass is 16.5. The fourth-order valence-electron chi connectivity index (χ4n) is 2.36. The molecule has 7 nitrogen and oxygen atoms in total.